The monoisotopic (exact) mass is 263 g/mol. The predicted molar refractivity (Wildman–Crippen MR) is 77.5 cm³/mol. The molecule has 3 atom stereocenters. The van der Waals surface area contributed by atoms with E-state index in [2.05, 4.69) is 13.0 Å². The first-order chi connectivity index (χ1) is 9.05. The molecule has 2 aliphatic rings. The van der Waals surface area contributed by atoms with Crippen LogP contribution >= 0.6 is 0 Å². The lowest BCUT2D eigenvalue weighted by atomic mass is 9.56. The van der Waals surface area contributed by atoms with Gasteiger partial charge in [0.25, 0.3) is 0 Å². The zero-order chi connectivity index (χ0) is 13.9. The van der Waals surface area contributed by atoms with Crippen molar-refractivity contribution in [2.45, 2.75) is 83.7 Å². The van der Waals surface area contributed by atoms with E-state index in [1.807, 2.05) is 6.92 Å². The van der Waals surface area contributed by atoms with Gasteiger partial charge in [-0.25, -0.2) is 0 Å². The Bertz CT molecular complexity index is 338. The van der Waals surface area contributed by atoms with E-state index in [9.17, 15) is 10.4 Å². The largest absolute Gasteiger partial charge is 0.388 e. The van der Waals surface area contributed by atoms with Crippen molar-refractivity contribution in [3.8, 4) is 6.07 Å². The molecule has 2 rings (SSSR count). The molecule has 0 aromatic heterocycles. The molecular weight excluding hydrogens is 234 g/mol. The van der Waals surface area contributed by atoms with Crippen LogP contribution in [0.25, 0.3) is 0 Å². The molecule has 1 N–H and O–H groups in total. The molecular formula is C17H29NO. The van der Waals surface area contributed by atoms with Crippen molar-refractivity contribution in [1.82, 2.24) is 0 Å². The number of rotatable bonds is 3. The normalized spacial score (nSPS) is 36.4. The summed E-state index contributed by atoms with van der Waals surface area (Å²) in [5.74, 6) is 0.958. The van der Waals surface area contributed by atoms with Crippen LogP contribution in [0.15, 0.2) is 0 Å². The number of hydrogen-bond donors (Lipinski definition) is 1. The van der Waals surface area contributed by atoms with Crippen LogP contribution < -0.4 is 0 Å². The Labute approximate surface area is 118 Å². The number of aliphatic hydroxyl groups is 1. The second-order valence-corrected chi connectivity index (χ2v) is 7.05. The van der Waals surface area contributed by atoms with Crippen molar-refractivity contribution in [3.05, 3.63) is 0 Å². The van der Waals surface area contributed by atoms with Crippen molar-refractivity contribution in [3.63, 3.8) is 0 Å². The van der Waals surface area contributed by atoms with Crippen LogP contribution in [0.5, 0.6) is 0 Å². The zero-order valence-electron chi connectivity index (χ0n) is 12.6. The van der Waals surface area contributed by atoms with Crippen molar-refractivity contribution >= 4 is 0 Å². The Hall–Kier alpha value is -0.550. The number of hydrogen-bond acceptors (Lipinski definition) is 2. The SMILES string of the molecule is CCC1CCCC(C#N)(C(C)(O)C2CCCCC2)C1. The third-order valence-corrected chi connectivity index (χ3v) is 6.01. The number of nitriles is 1. The topological polar surface area (TPSA) is 44.0 Å². The zero-order valence-corrected chi connectivity index (χ0v) is 12.6. The van der Waals surface area contributed by atoms with Crippen LogP contribution in [0.1, 0.15) is 78.1 Å². The minimum absolute atomic E-state index is 0.330. The summed E-state index contributed by atoms with van der Waals surface area (Å²) in [6.07, 6.45) is 11.2. The van der Waals surface area contributed by atoms with Gasteiger partial charge < -0.3 is 5.11 Å². The molecule has 2 saturated carbocycles. The van der Waals surface area contributed by atoms with Crippen LogP contribution in [-0.4, -0.2) is 10.7 Å². The molecule has 0 heterocycles. The van der Waals surface area contributed by atoms with Crippen LogP contribution in [0, 0.1) is 28.6 Å². The van der Waals surface area contributed by atoms with E-state index in [4.69, 9.17) is 0 Å². The highest BCUT2D eigenvalue weighted by molar-refractivity contribution is 5.14. The van der Waals surface area contributed by atoms with Gasteiger partial charge in [-0.1, -0.05) is 45.4 Å². The Morgan fingerprint density at radius 1 is 1.21 bits per heavy atom. The van der Waals surface area contributed by atoms with Crippen LogP contribution in [0.2, 0.25) is 0 Å². The quantitative estimate of drug-likeness (QED) is 0.818. The second-order valence-electron chi connectivity index (χ2n) is 7.05. The van der Waals surface area contributed by atoms with E-state index in [1.165, 1.54) is 25.7 Å². The maximum Gasteiger partial charge on any atom is 0.0862 e. The highest BCUT2D eigenvalue weighted by atomic mass is 16.3. The third kappa shape index (κ3) is 2.68. The number of nitrogens with zero attached hydrogens (tertiary/aromatic N) is 1. The van der Waals surface area contributed by atoms with Gasteiger partial charge in [-0.05, 0) is 44.4 Å². The third-order valence-electron chi connectivity index (χ3n) is 6.01. The molecule has 0 saturated heterocycles. The van der Waals surface area contributed by atoms with Crippen molar-refractivity contribution in [2.75, 3.05) is 0 Å². The average Bonchev–Trinajstić information content (AvgIpc) is 2.48. The minimum Gasteiger partial charge on any atom is -0.388 e. The predicted octanol–water partition coefficient (Wildman–Crippen LogP) is 4.43. The Balaban J connectivity index is 2.20. The van der Waals surface area contributed by atoms with Gasteiger partial charge in [0.15, 0.2) is 0 Å². The molecule has 2 aliphatic carbocycles. The van der Waals surface area contributed by atoms with Crippen LogP contribution in [0.4, 0.5) is 0 Å². The van der Waals surface area contributed by atoms with E-state index in [1.54, 1.807) is 0 Å². The Kier molecular flexibility index (Phi) is 4.56. The van der Waals surface area contributed by atoms with Crippen LogP contribution in [0.3, 0.4) is 0 Å². The summed E-state index contributed by atoms with van der Waals surface area (Å²) in [7, 11) is 0. The smallest absolute Gasteiger partial charge is 0.0862 e. The van der Waals surface area contributed by atoms with Gasteiger partial charge in [0.2, 0.25) is 0 Å². The van der Waals surface area contributed by atoms with Crippen molar-refractivity contribution < 1.29 is 5.11 Å². The van der Waals surface area contributed by atoms with Gasteiger partial charge in [-0.15, -0.1) is 0 Å². The molecule has 2 heteroatoms. The fourth-order valence-electron chi connectivity index (χ4n) is 4.47. The first-order valence-electron chi connectivity index (χ1n) is 8.19. The van der Waals surface area contributed by atoms with E-state index in [0.717, 1.165) is 38.5 Å². The first-order valence-corrected chi connectivity index (χ1v) is 8.19. The summed E-state index contributed by atoms with van der Waals surface area (Å²) >= 11 is 0. The summed E-state index contributed by atoms with van der Waals surface area (Å²) in [5.41, 5.74) is -1.29. The molecule has 2 nitrogen and oxygen atoms in total. The summed E-state index contributed by atoms with van der Waals surface area (Å²) in [5, 5.41) is 21.0. The maximum atomic E-state index is 11.2. The molecule has 19 heavy (non-hydrogen) atoms. The highest BCUT2D eigenvalue weighted by Gasteiger charge is 2.53. The second kappa shape index (κ2) is 5.83. The lowest BCUT2D eigenvalue weighted by molar-refractivity contribution is -0.118. The van der Waals surface area contributed by atoms with E-state index in [0.29, 0.717) is 11.8 Å². The minimum atomic E-state index is -0.796. The lowest BCUT2D eigenvalue weighted by Crippen LogP contribution is -2.53. The first kappa shape index (κ1) is 14.9. The molecule has 0 aromatic rings. The summed E-state index contributed by atoms with van der Waals surface area (Å²) in [6, 6.07) is 2.57. The van der Waals surface area contributed by atoms with Gasteiger partial charge in [-0.3, -0.25) is 0 Å². The highest BCUT2D eigenvalue weighted by Crippen LogP contribution is 2.52. The average molecular weight is 263 g/mol. The summed E-state index contributed by atoms with van der Waals surface area (Å²) < 4.78 is 0. The molecule has 3 unspecified atom stereocenters. The Morgan fingerprint density at radius 2 is 1.89 bits per heavy atom. The Morgan fingerprint density at radius 3 is 2.47 bits per heavy atom. The lowest BCUT2D eigenvalue weighted by Gasteiger charge is -2.50. The molecule has 0 aromatic carbocycles. The molecule has 0 aliphatic heterocycles. The van der Waals surface area contributed by atoms with Crippen LogP contribution in [-0.2, 0) is 0 Å². The van der Waals surface area contributed by atoms with E-state index in [-0.39, 0.29) is 0 Å². The van der Waals surface area contributed by atoms with Gasteiger partial charge >= 0.3 is 0 Å². The van der Waals surface area contributed by atoms with Gasteiger partial charge in [0, 0.05) is 0 Å². The van der Waals surface area contributed by atoms with Gasteiger partial charge in [-0.2, -0.15) is 5.26 Å². The summed E-state index contributed by atoms with van der Waals surface area (Å²) in [4.78, 5) is 0. The van der Waals surface area contributed by atoms with Gasteiger partial charge in [0.05, 0.1) is 17.1 Å². The van der Waals surface area contributed by atoms with Crippen molar-refractivity contribution in [2.24, 2.45) is 17.3 Å². The fourth-order valence-corrected chi connectivity index (χ4v) is 4.47. The summed E-state index contributed by atoms with van der Waals surface area (Å²) in [6.45, 7) is 4.18. The molecule has 2 fully saturated rings. The molecule has 108 valence electrons. The standard InChI is InChI=1S/C17H29NO/c1-3-14-8-7-11-17(12-14,13-18)16(2,19)15-9-5-4-6-10-15/h14-15,19H,3-12H2,1-2H3. The molecule has 0 spiro atoms. The van der Waals surface area contributed by atoms with E-state index < -0.39 is 11.0 Å². The molecule has 0 amide bonds. The maximum absolute atomic E-state index is 11.2. The fraction of sp³-hybridized carbons (Fsp3) is 0.941. The van der Waals surface area contributed by atoms with Gasteiger partial charge in [0.1, 0.15) is 0 Å². The molecule has 0 bridgehead atoms. The van der Waals surface area contributed by atoms with Crippen molar-refractivity contribution in [1.29, 1.82) is 5.26 Å². The molecule has 0 radical (unpaired) electrons. The van der Waals surface area contributed by atoms with E-state index >= 15 is 0 Å².